The molecule has 0 radical (unpaired) electrons. The predicted octanol–water partition coefficient (Wildman–Crippen LogP) is -0.718. The van der Waals surface area contributed by atoms with E-state index in [9.17, 15) is 19.5 Å². The maximum absolute atomic E-state index is 11.4. The first-order chi connectivity index (χ1) is 7.85. The molecule has 0 fully saturated rings. The number of nitrogens with one attached hydrogen (secondary N) is 1. The van der Waals surface area contributed by atoms with Gasteiger partial charge in [-0.05, 0) is 13.8 Å². The van der Waals surface area contributed by atoms with Gasteiger partial charge in [-0.25, -0.2) is 4.79 Å². The van der Waals surface area contributed by atoms with Crippen LogP contribution in [0.25, 0.3) is 0 Å². The van der Waals surface area contributed by atoms with Crippen LogP contribution in [0.4, 0.5) is 0 Å². The number of ether oxygens (including phenoxy) is 1. The minimum atomic E-state index is -2.32. The van der Waals surface area contributed by atoms with Crippen LogP contribution < -0.4 is 5.32 Å². The Balaban J connectivity index is 4.77. The molecule has 98 valence electrons. The highest BCUT2D eigenvalue weighted by atomic mass is 16.5. The fourth-order valence-corrected chi connectivity index (χ4v) is 1.25. The molecule has 3 N–H and O–H groups in total. The minimum absolute atomic E-state index is 0.00381. The Kier molecular flexibility index (Phi) is 6.19. The molecule has 0 bridgehead atoms. The standard InChI is InChI=1S/C10H17NO6/c1-3-11-7(12)5-10(16,6-8(13)14)9(15)17-4-2/h16H,3-6H2,1-2H3,(H,11,12)(H,13,14). The van der Waals surface area contributed by atoms with E-state index >= 15 is 0 Å². The lowest BCUT2D eigenvalue weighted by atomic mass is 9.95. The lowest BCUT2D eigenvalue weighted by Crippen LogP contribution is -2.46. The van der Waals surface area contributed by atoms with Gasteiger partial charge in [0, 0.05) is 6.54 Å². The molecule has 1 unspecified atom stereocenters. The first kappa shape index (κ1) is 15.4. The topological polar surface area (TPSA) is 113 Å². The number of carboxylic acid groups (broad SMARTS) is 1. The Labute approximate surface area is 98.8 Å². The van der Waals surface area contributed by atoms with Crippen LogP contribution >= 0.6 is 0 Å². The normalized spacial score (nSPS) is 13.6. The maximum Gasteiger partial charge on any atom is 0.339 e. The lowest BCUT2D eigenvalue weighted by Gasteiger charge is -2.23. The summed E-state index contributed by atoms with van der Waals surface area (Å²) in [6.45, 7) is 3.50. The van der Waals surface area contributed by atoms with E-state index in [1.165, 1.54) is 6.92 Å². The second kappa shape index (κ2) is 6.85. The van der Waals surface area contributed by atoms with Gasteiger partial charge in [-0.2, -0.15) is 0 Å². The summed E-state index contributed by atoms with van der Waals surface area (Å²) >= 11 is 0. The molecule has 0 saturated carbocycles. The summed E-state index contributed by atoms with van der Waals surface area (Å²) in [4.78, 5) is 33.3. The van der Waals surface area contributed by atoms with Crippen molar-refractivity contribution in [2.24, 2.45) is 0 Å². The molecule has 0 rings (SSSR count). The van der Waals surface area contributed by atoms with Crippen molar-refractivity contribution in [3.8, 4) is 0 Å². The molecule has 17 heavy (non-hydrogen) atoms. The van der Waals surface area contributed by atoms with Gasteiger partial charge in [0.05, 0.1) is 19.4 Å². The van der Waals surface area contributed by atoms with Gasteiger partial charge in [0.2, 0.25) is 5.91 Å². The van der Waals surface area contributed by atoms with Gasteiger partial charge in [-0.1, -0.05) is 0 Å². The first-order valence-electron chi connectivity index (χ1n) is 5.23. The molecule has 1 atom stereocenters. The van der Waals surface area contributed by atoms with Crippen molar-refractivity contribution in [3.63, 3.8) is 0 Å². The van der Waals surface area contributed by atoms with Crippen LogP contribution in [0, 0.1) is 0 Å². The van der Waals surface area contributed by atoms with Crippen molar-refractivity contribution in [1.29, 1.82) is 0 Å². The molecular formula is C10H17NO6. The van der Waals surface area contributed by atoms with E-state index in [0.717, 1.165) is 0 Å². The molecule has 0 aliphatic heterocycles. The van der Waals surface area contributed by atoms with Crippen LogP contribution in [0.2, 0.25) is 0 Å². The Morgan fingerprint density at radius 1 is 1.24 bits per heavy atom. The van der Waals surface area contributed by atoms with E-state index in [2.05, 4.69) is 10.1 Å². The average Bonchev–Trinajstić information content (AvgIpc) is 2.16. The number of hydrogen-bond donors (Lipinski definition) is 3. The molecular weight excluding hydrogens is 230 g/mol. The number of amides is 1. The van der Waals surface area contributed by atoms with Crippen molar-refractivity contribution in [1.82, 2.24) is 5.32 Å². The number of aliphatic carboxylic acids is 1. The number of esters is 1. The van der Waals surface area contributed by atoms with Crippen molar-refractivity contribution in [2.75, 3.05) is 13.2 Å². The van der Waals surface area contributed by atoms with Crippen molar-refractivity contribution < 1.29 is 29.3 Å². The zero-order valence-corrected chi connectivity index (χ0v) is 9.86. The molecule has 0 heterocycles. The van der Waals surface area contributed by atoms with Crippen molar-refractivity contribution in [2.45, 2.75) is 32.3 Å². The number of aliphatic hydroxyl groups is 1. The Morgan fingerprint density at radius 3 is 2.24 bits per heavy atom. The molecule has 0 aromatic rings. The van der Waals surface area contributed by atoms with Gasteiger partial charge in [0.15, 0.2) is 5.60 Å². The minimum Gasteiger partial charge on any atom is -0.481 e. The molecule has 7 heteroatoms. The number of carboxylic acids is 1. The van der Waals surface area contributed by atoms with E-state index in [4.69, 9.17) is 5.11 Å². The Morgan fingerprint density at radius 2 is 1.82 bits per heavy atom. The monoisotopic (exact) mass is 247 g/mol. The third-order valence-electron chi connectivity index (χ3n) is 1.93. The predicted molar refractivity (Wildman–Crippen MR) is 57.1 cm³/mol. The summed E-state index contributed by atoms with van der Waals surface area (Å²) in [5, 5.41) is 20.8. The number of carbonyl (C=O) groups is 3. The van der Waals surface area contributed by atoms with Crippen LogP contribution in [-0.2, 0) is 19.1 Å². The molecule has 0 aromatic heterocycles. The first-order valence-corrected chi connectivity index (χ1v) is 5.23. The smallest absolute Gasteiger partial charge is 0.339 e. The lowest BCUT2D eigenvalue weighted by molar-refractivity contribution is -0.172. The average molecular weight is 247 g/mol. The zero-order valence-electron chi connectivity index (χ0n) is 9.86. The summed E-state index contributed by atoms with van der Waals surface area (Å²) in [7, 11) is 0. The molecule has 0 aromatic carbocycles. The molecule has 7 nitrogen and oxygen atoms in total. The third-order valence-corrected chi connectivity index (χ3v) is 1.93. The number of carbonyl (C=O) groups excluding carboxylic acids is 2. The SMILES string of the molecule is CCNC(=O)CC(O)(CC(=O)O)C(=O)OCC. The van der Waals surface area contributed by atoms with Gasteiger partial charge in [0.1, 0.15) is 0 Å². The van der Waals surface area contributed by atoms with Crippen molar-refractivity contribution in [3.05, 3.63) is 0 Å². The molecule has 1 amide bonds. The van der Waals surface area contributed by atoms with Crippen molar-refractivity contribution >= 4 is 17.8 Å². The summed E-state index contributed by atoms with van der Waals surface area (Å²) in [6, 6.07) is 0. The second-order valence-corrected chi connectivity index (χ2v) is 3.45. The Bertz CT molecular complexity index is 303. The molecule has 0 aliphatic rings. The van der Waals surface area contributed by atoms with Crippen LogP contribution in [-0.4, -0.2) is 46.8 Å². The number of hydrogen-bond acceptors (Lipinski definition) is 5. The van der Waals surface area contributed by atoms with Gasteiger partial charge >= 0.3 is 11.9 Å². The quantitative estimate of drug-likeness (QED) is 0.512. The van der Waals surface area contributed by atoms with E-state index in [0.29, 0.717) is 6.54 Å². The summed E-state index contributed by atoms with van der Waals surface area (Å²) < 4.78 is 4.55. The highest BCUT2D eigenvalue weighted by molar-refractivity contribution is 5.91. The van der Waals surface area contributed by atoms with Crippen LogP contribution in [0.1, 0.15) is 26.7 Å². The van der Waals surface area contributed by atoms with Gasteiger partial charge in [0.25, 0.3) is 0 Å². The Hall–Kier alpha value is -1.63. The highest BCUT2D eigenvalue weighted by Gasteiger charge is 2.42. The van der Waals surface area contributed by atoms with Gasteiger partial charge in [-0.3, -0.25) is 9.59 Å². The van der Waals surface area contributed by atoms with Gasteiger partial charge < -0.3 is 20.3 Å². The second-order valence-electron chi connectivity index (χ2n) is 3.45. The summed E-state index contributed by atoms with van der Waals surface area (Å²) in [5.41, 5.74) is -2.32. The van der Waals surface area contributed by atoms with E-state index < -0.39 is 36.3 Å². The summed E-state index contributed by atoms with van der Waals surface area (Å²) in [5.74, 6) is -3.09. The van der Waals surface area contributed by atoms with Crippen LogP contribution in [0.3, 0.4) is 0 Å². The molecule has 0 spiro atoms. The van der Waals surface area contributed by atoms with Gasteiger partial charge in [-0.15, -0.1) is 0 Å². The number of rotatable bonds is 7. The van der Waals surface area contributed by atoms with E-state index in [-0.39, 0.29) is 6.61 Å². The largest absolute Gasteiger partial charge is 0.481 e. The zero-order chi connectivity index (χ0) is 13.5. The summed E-state index contributed by atoms with van der Waals surface area (Å²) in [6.07, 6.45) is -1.51. The highest BCUT2D eigenvalue weighted by Crippen LogP contribution is 2.18. The van der Waals surface area contributed by atoms with E-state index in [1.807, 2.05) is 0 Å². The molecule has 0 saturated heterocycles. The fourth-order valence-electron chi connectivity index (χ4n) is 1.25. The fraction of sp³-hybridized carbons (Fsp3) is 0.700. The van der Waals surface area contributed by atoms with Crippen LogP contribution in [0.15, 0.2) is 0 Å². The maximum atomic E-state index is 11.4. The third kappa shape index (κ3) is 5.30. The molecule has 0 aliphatic carbocycles. The van der Waals surface area contributed by atoms with E-state index in [1.54, 1.807) is 6.92 Å². The van der Waals surface area contributed by atoms with Crippen LogP contribution in [0.5, 0.6) is 0 Å².